The maximum Gasteiger partial charge on any atom is 0.264 e. The topological polar surface area (TPSA) is 86.8 Å². The van der Waals surface area contributed by atoms with E-state index in [0.717, 1.165) is 20.3 Å². The zero-order chi connectivity index (χ0) is 33.5. The average Bonchev–Trinajstić information content (AvgIpc) is 3.01. The van der Waals surface area contributed by atoms with Crippen molar-refractivity contribution >= 4 is 50.9 Å². The molecule has 0 heterocycles. The van der Waals surface area contributed by atoms with Gasteiger partial charge in [-0.1, -0.05) is 71.8 Å². The molecule has 0 fully saturated rings. The van der Waals surface area contributed by atoms with Crippen molar-refractivity contribution in [3.05, 3.63) is 125 Å². The number of anilines is 1. The van der Waals surface area contributed by atoms with E-state index in [1.807, 2.05) is 70.3 Å². The van der Waals surface area contributed by atoms with E-state index in [0.29, 0.717) is 16.3 Å². The first-order valence-corrected chi connectivity index (χ1v) is 17.9. The monoisotopic (exact) mass is 677 g/mol. The average molecular weight is 678 g/mol. The predicted octanol–water partition coefficient (Wildman–Crippen LogP) is 7.12. The first-order chi connectivity index (χ1) is 21.8. The summed E-state index contributed by atoms with van der Waals surface area (Å²) < 4.78 is 29.5. The summed E-state index contributed by atoms with van der Waals surface area (Å²) in [6.45, 7) is 7.05. The molecule has 46 heavy (non-hydrogen) atoms. The standard InChI is InChI=1S/C36H40ClN3O4S2/c1-26-14-16-30(17-15-26)40(46(43,44)32-20-18-31(45-5)19-21-32)25-34(41)39(24-28-12-9-13-29(37)22-28)33(35(42)38-36(2,3)4)23-27-10-7-6-8-11-27/h6-22,33H,23-25H2,1-5H3,(H,38,42)/t33-/m0/s1. The summed E-state index contributed by atoms with van der Waals surface area (Å²) in [5.74, 6) is -0.876. The molecule has 1 N–H and O–H groups in total. The van der Waals surface area contributed by atoms with Crippen LogP contribution in [0.25, 0.3) is 0 Å². The van der Waals surface area contributed by atoms with Gasteiger partial charge in [0.25, 0.3) is 10.0 Å². The molecule has 242 valence electrons. The Hall–Kier alpha value is -3.79. The lowest BCUT2D eigenvalue weighted by molar-refractivity contribution is -0.140. The van der Waals surface area contributed by atoms with Crippen LogP contribution < -0.4 is 9.62 Å². The van der Waals surface area contributed by atoms with Crippen LogP contribution in [0, 0.1) is 6.92 Å². The number of rotatable bonds is 12. The molecule has 0 radical (unpaired) electrons. The van der Waals surface area contributed by atoms with Crippen molar-refractivity contribution in [2.24, 2.45) is 0 Å². The molecule has 0 aliphatic heterocycles. The van der Waals surface area contributed by atoms with Gasteiger partial charge in [-0.15, -0.1) is 11.8 Å². The highest BCUT2D eigenvalue weighted by Gasteiger charge is 2.35. The molecule has 0 aliphatic carbocycles. The van der Waals surface area contributed by atoms with Crippen LogP contribution in [0.5, 0.6) is 0 Å². The molecular formula is C36H40ClN3O4S2. The number of aryl methyl sites for hydroxylation is 1. The second-order valence-electron chi connectivity index (χ2n) is 12.1. The van der Waals surface area contributed by atoms with Gasteiger partial charge >= 0.3 is 0 Å². The van der Waals surface area contributed by atoms with E-state index in [4.69, 9.17) is 11.6 Å². The van der Waals surface area contributed by atoms with Gasteiger partial charge in [0.1, 0.15) is 12.6 Å². The molecule has 7 nitrogen and oxygen atoms in total. The fourth-order valence-corrected chi connectivity index (χ4v) is 6.99. The Balaban J connectivity index is 1.81. The Morgan fingerprint density at radius 2 is 1.50 bits per heavy atom. The fraction of sp³-hybridized carbons (Fsp3) is 0.278. The number of amides is 2. The number of nitrogens with one attached hydrogen (secondary N) is 1. The van der Waals surface area contributed by atoms with Crippen LogP contribution in [0.1, 0.15) is 37.5 Å². The summed E-state index contributed by atoms with van der Waals surface area (Å²) in [7, 11) is -4.18. The quantitative estimate of drug-likeness (QED) is 0.161. The number of carbonyl (C=O) groups is 2. The zero-order valence-electron chi connectivity index (χ0n) is 26.7. The number of nitrogens with zero attached hydrogens (tertiary/aromatic N) is 2. The van der Waals surface area contributed by atoms with Crippen molar-refractivity contribution in [2.75, 3.05) is 17.1 Å². The van der Waals surface area contributed by atoms with Gasteiger partial charge in [0.15, 0.2) is 0 Å². The Kier molecular flexibility index (Phi) is 11.6. The van der Waals surface area contributed by atoms with Crippen LogP contribution in [0.2, 0.25) is 5.02 Å². The van der Waals surface area contributed by atoms with Gasteiger partial charge < -0.3 is 10.2 Å². The zero-order valence-corrected chi connectivity index (χ0v) is 29.1. The van der Waals surface area contributed by atoms with E-state index >= 15 is 0 Å². The second-order valence-corrected chi connectivity index (χ2v) is 15.3. The predicted molar refractivity (Wildman–Crippen MR) is 188 cm³/mol. The van der Waals surface area contributed by atoms with Crippen LogP contribution in [-0.4, -0.2) is 49.5 Å². The minimum atomic E-state index is -4.18. The van der Waals surface area contributed by atoms with Gasteiger partial charge in [-0.25, -0.2) is 8.42 Å². The first-order valence-electron chi connectivity index (χ1n) is 14.9. The van der Waals surface area contributed by atoms with Gasteiger partial charge in [0, 0.05) is 28.4 Å². The van der Waals surface area contributed by atoms with E-state index in [2.05, 4.69) is 5.32 Å². The van der Waals surface area contributed by atoms with Gasteiger partial charge in [0.05, 0.1) is 10.6 Å². The third-order valence-electron chi connectivity index (χ3n) is 7.26. The maximum absolute atomic E-state index is 14.6. The van der Waals surface area contributed by atoms with Crippen molar-refractivity contribution in [2.45, 2.75) is 62.0 Å². The summed E-state index contributed by atoms with van der Waals surface area (Å²) in [6, 6.07) is 29.1. The van der Waals surface area contributed by atoms with Crippen LogP contribution in [-0.2, 0) is 32.6 Å². The number of halogens is 1. The highest BCUT2D eigenvalue weighted by atomic mass is 35.5. The van der Waals surface area contributed by atoms with Crippen molar-refractivity contribution in [3.8, 4) is 0 Å². The molecule has 4 aromatic carbocycles. The van der Waals surface area contributed by atoms with Gasteiger partial charge in [-0.3, -0.25) is 13.9 Å². The maximum atomic E-state index is 14.6. The minimum Gasteiger partial charge on any atom is -0.350 e. The third kappa shape index (κ3) is 9.37. The SMILES string of the molecule is CSc1ccc(S(=O)(=O)N(CC(=O)N(Cc2cccc(Cl)c2)[C@@H](Cc2ccccc2)C(=O)NC(C)(C)C)c2ccc(C)cc2)cc1. The third-order valence-corrected chi connectivity index (χ3v) is 10.0. The van der Waals surface area contributed by atoms with E-state index in [1.54, 1.807) is 66.7 Å². The lowest BCUT2D eigenvalue weighted by atomic mass is 10.0. The van der Waals surface area contributed by atoms with Crippen LogP contribution in [0.4, 0.5) is 5.69 Å². The normalized spacial score (nSPS) is 12.3. The summed E-state index contributed by atoms with van der Waals surface area (Å²) >= 11 is 7.83. The number of carbonyl (C=O) groups excluding carboxylic acids is 2. The molecule has 0 saturated carbocycles. The van der Waals surface area contributed by atoms with Crippen molar-refractivity contribution in [1.82, 2.24) is 10.2 Å². The Morgan fingerprint density at radius 3 is 2.09 bits per heavy atom. The molecular weight excluding hydrogens is 638 g/mol. The second kappa shape index (κ2) is 15.2. The Morgan fingerprint density at radius 1 is 0.870 bits per heavy atom. The van der Waals surface area contributed by atoms with E-state index in [9.17, 15) is 18.0 Å². The molecule has 0 aromatic heterocycles. The largest absolute Gasteiger partial charge is 0.350 e. The first kappa shape index (κ1) is 35.1. The molecule has 0 aliphatic rings. The smallest absolute Gasteiger partial charge is 0.264 e. The van der Waals surface area contributed by atoms with Crippen molar-refractivity contribution in [1.29, 1.82) is 0 Å². The molecule has 0 spiro atoms. The molecule has 0 bridgehead atoms. The lowest BCUT2D eigenvalue weighted by Crippen LogP contribution is -2.56. The highest BCUT2D eigenvalue weighted by molar-refractivity contribution is 7.98. The highest BCUT2D eigenvalue weighted by Crippen LogP contribution is 2.27. The number of sulfonamides is 1. The fourth-order valence-electron chi connectivity index (χ4n) is 4.95. The molecule has 4 rings (SSSR count). The van der Waals surface area contributed by atoms with E-state index in [-0.39, 0.29) is 23.8 Å². The van der Waals surface area contributed by atoms with Gasteiger partial charge in [-0.05, 0) is 93.6 Å². The summed E-state index contributed by atoms with van der Waals surface area (Å²) in [5, 5.41) is 3.52. The lowest BCUT2D eigenvalue weighted by Gasteiger charge is -2.35. The molecule has 10 heteroatoms. The number of benzene rings is 4. The summed E-state index contributed by atoms with van der Waals surface area (Å²) in [6.07, 6.45) is 2.14. The van der Waals surface area contributed by atoms with E-state index in [1.165, 1.54) is 16.7 Å². The van der Waals surface area contributed by atoms with Gasteiger partial charge in [-0.2, -0.15) is 0 Å². The molecule has 0 saturated heterocycles. The van der Waals surface area contributed by atoms with Crippen LogP contribution in [0.3, 0.4) is 0 Å². The van der Waals surface area contributed by atoms with Crippen molar-refractivity contribution < 1.29 is 18.0 Å². The number of hydrogen-bond donors (Lipinski definition) is 1. The van der Waals surface area contributed by atoms with Crippen molar-refractivity contribution in [3.63, 3.8) is 0 Å². The van der Waals surface area contributed by atoms with Gasteiger partial charge in [0.2, 0.25) is 11.8 Å². The van der Waals surface area contributed by atoms with Crippen LogP contribution >= 0.6 is 23.4 Å². The molecule has 1 atom stereocenters. The van der Waals surface area contributed by atoms with E-state index < -0.39 is 34.1 Å². The molecule has 4 aromatic rings. The number of hydrogen-bond acceptors (Lipinski definition) is 5. The summed E-state index contributed by atoms with van der Waals surface area (Å²) in [5.41, 5.74) is 2.28. The summed E-state index contributed by atoms with van der Waals surface area (Å²) in [4.78, 5) is 31.0. The van der Waals surface area contributed by atoms with Crippen LogP contribution in [0.15, 0.2) is 113 Å². The molecule has 2 amide bonds. The Labute approximate surface area is 282 Å². The minimum absolute atomic E-state index is 0.0403. The molecule has 0 unspecified atom stereocenters. The Bertz CT molecular complexity index is 1740. The number of thioether (sulfide) groups is 1.